The Morgan fingerprint density at radius 2 is 1.78 bits per heavy atom. The third-order valence-corrected chi connectivity index (χ3v) is 2.40. The number of nitrogens with zero attached hydrogens (tertiary/aromatic N) is 1. The molecule has 0 saturated heterocycles. The van der Waals surface area contributed by atoms with Crippen LogP contribution in [0.5, 0.6) is 5.75 Å². The van der Waals surface area contributed by atoms with Crippen molar-refractivity contribution >= 4 is 0 Å². The molecule has 2 aromatic rings. The van der Waals surface area contributed by atoms with Crippen LogP contribution in [0.15, 0.2) is 28.7 Å². The molecule has 0 atom stereocenters. The molecule has 0 N–H and O–H groups in total. The molecule has 0 radical (unpaired) electrons. The molecule has 0 aliphatic rings. The lowest BCUT2D eigenvalue weighted by atomic mass is 10.1. The fraction of sp³-hybridized carbons (Fsp3) is 0.250. The van der Waals surface area contributed by atoms with Crippen molar-refractivity contribution in [1.82, 2.24) is 4.98 Å². The number of aromatic nitrogens is 1. The molecule has 0 spiro atoms. The van der Waals surface area contributed by atoms with Gasteiger partial charge in [0.25, 0.3) is 0 Å². The van der Waals surface area contributed by atoms with Crippen molar-refractivity contribution in [2.24, 2.45) is 0 Å². The average molecular weight is 257 g/mol. The molecule has 1 heterocycles. The number of alkyl halides is 3. The van der Waals surface area contributed by atoms with Gasteiger partial charge in [0.15, 0.2) is 0 Å². The zero-order valence-electron chi connectivity index (χ0n) is 9.71. The number of hydrogen-bond donors (Lipinski definition) is 0. The van der Waals surface area contributed by atoms with Crippen molar-refractivity contribution in [3.63, 3.8) is 0 Å². The minimum absolute atomic E-state index is 0.132. The molecule has 0 bridgehead atoms. The molecule has 1 aromatic heterocycles. The number of rotatable bonds is 2. The number of hydrogen-bond acceptors (Lipinski definition) is 3. The largest absolute Gasteiger partial charge is 0.497 e. The lowest BCUT2D eigenvalue weighted by molar-refractivity contribution is -0.157. The minimum Gasteiger partial charge on any atom is -0.497 e. The molecule has 96 valence electrons. The van der Waals surface area contributed by atoms with Gasteiger partial charge in [-0.25, -0.2) is 4.98 Å². The monoisotopic (exact) mass is 257 g/mol. The van der Waals surface area contributed by atoms with Gasteiger partial charge < -0.3 is 9.15 Å². The smallest absolute Gasteiger partial charge is 0.468 e. The van der Waals surface area contributed by atoms with Crippen LogP contribution in [0.3, 0.4) is 0 Å². The second-order valence-electron chi connectivity index (χ2n) is 3.65. The molecule has 18 heavy (non-hydrogen) atoms. The second-order valence-corrected chi connectivity index (χ2v) is 3.65. The van der Waals surface area contributed by atoms with Crippen LogP contribution in [0.4, 0.5) is 13.2 Å². The van der Waals surface area contributed by atoms with Crippen LogP contribution in [0.2, 0.25) is 0 Å². The van der Waals surface area contributed by atoms with Crippen LogP contribution in [0, 0.1) is 6.92 Å². The van der Waals surface area contributed by atoms with Crippen molar-refractivity contribution in [2.75, 3.05) is 7.11 Å². The van der Waals surface area contributed by atoms with Crippen molar-refractivity contribution in [3.05, 3.63) is 35.9 Å². The molecule has 0 aliphatic heterocycles. The van der Waals surface area contributed by atoms with Gasteiger partial charge in [0.2, 0.25) is 0 Å². The Bertz CT molecular complexity index is 543. The van der Waals surface area contributed by atoms with Gasteiger partial charge in [0.1, 0.15) is 17.2 Å². The topological polar surface area (TPSA) is 35.3 Å². The highest BCUT2D eigenvalue weighted by Gasteiger charge is 2.38. The Hall–Kier alpha value is -1.98. The lowest BCUT2D eigenvalue weighted by Gasteiger charge is -2.01. The summed E-state index contributed by atoms with van der Waals surface area (Å²) in [5, 5.41) is 0. The third-order valence-electron chi connectivity index (χ3n) is 2.40. The van der Waals surface area contributed by atoms with Gasteiger partial charge in [-0.05, 0) is 31.2 Å². The highest BCUT2D eigenvalue weighted by Crippen LogP contribution is 2.33. The first-order valence-electron chi connectivity index (χ1n) is 5.11. The van der Waals surface area contributed by atoms with E-state index < -0.39 is 12.1 Å². The van der Waals surface area contributed by atoms with E-state index in [1.807, 2.05) is 0 Å². The van der Waals surface area contributed by atoms with E-state index in [0.29, 0.717) is 11.3 Å². The Morgan fingerprint density at radius 1 is 1.17 bits per heavy atom. The van der Waals surface area contributed by atoms with Crippen molar-refractivity contribution in [3.8, 4) is 17.0 Å². The summed E-state index contributed by atoms with van der Waals surface area (Å²) < 4.78 is 46.9. The van der Waals surface area contributed by atoms with E-state index in [0.717, 1.165) is 0 Å². The van der Waals surface area contributed by atoms with Gasteiger partial charge in [0, 0.05) is 5.56 Å². The van der Waals surface area contributed by atoms with Crippen LogP contribution < -0.4 is 4.74 Å². The highest BCUT2D eigenvalue weighted by molar-refractivity contribution is 5.62. The summed E-state index contributed by atoms with van der Waals surface area (Å²) in [7, 11) is 1.51. The van der Waals surface area contributed by atoms with E-state index >= 15 is 0 Å². The summed E-state index contributed by atoms with van der Waals surface area (Å²) in [5.41, 5.74) is 0.734. The average Bonchev–Trinajstić information content (AvgIpc) is 2.71. The van der Waals surface area contributed by atoms with E-state index in [9.17, 15) is 13.2 Å². The normalized spacial score (nSPS) is 11.6. The van der Waals surface area contributed by atoms with Crippen molar-refractivity contribution in [2.45, 2.75) is 13.1 Å². The fourth-order valence-electron chi connectivity index (χ4n) is 1.53. The summed E-state index contributed by atoms with van der Waals surface area (Å²) in [6, 6.07) is 6.56. The standard InChI is InChI=1S/C12H10F3NO2/c1-7-10(16-11(18-7)12(13,14)15)8-3-5-9(17-2)6-4-8/h3-6H,1-2H3. The quantitative estimate of drug-likeness (QED) is 0.823. The molecule has 6 heteroatoms. The number of ether oxygens (including phenoxy) is 1. The van der Waals surface area contributed by atoms with Crippen LogP contribution in [0.1, 0.15) is 11.7 Å². The van der Waals surface area contributed by atoms with Crippen LogP contribution in [-0.4, -0.2) is 12.1 Å². The number of halogens is 3. The molecular weight excluding hydrogens is 247 g/mol. The number of aryl methyl sites for hydroxylation is 1. The lowest BCUT2D eigenvalue weighted by Crippen LogP contribution is -2.04. The molecule has 0 aliphatic carbocycles. The molecule has 2 rings (SSSR count). The van der Waals surface area contributed by atoms with E-state index in [1.54, 1.807) is 24.3 Å². The first-order chi connectivity index (χ1) is 8.41. The second kappa shape index (κ2) is 4.36. The van der Waals surface area contributed by atoms with E-state index in [2.05, 4.69) is 9.40 Å². The predicted molar refractivity (Wildman–Crippen MR) is 58.2 cm³/mol. The van der Waals surface area contributed by atoms with Gasteiger partial charge in [-0.1, -0.05) is 0 Å². The summed E-state index contributed by atoms with van der Waals surface area (Å²) >= 11 is 0. The Balaban J connectivity index is 2.41. The zero-order valence-corrected chi connectivity index (χ0v) is 9.71. The molecule has 0 unspecified atom stereocenters. The van der Waals surface area contributed by atoms with Crippen LogP contribution in [0.25, 0.3) is 11.3 Å². The van der Waals surface area contributed by atoms with Gasteiger partial charge in [-0.15, -0.1) is 0 Å². The summed E-state index contributed by atoms with van der Waals surface area (Å²) in [6.45, 7) is 1.45. The Morgan fingerprint density at radius 3 is 2.22 bits per heavy atom. The van der Waals surface area contributed by atoms with Gasteiger partial charge >= 0.3 is 12.1 Å². The number of benzene rings is 1. The summed E-state index contributed by atoms with van der Waals surface area (Å²) in [5.74, 6) is -0.478. The molecular formula is C12H10F3NO2. The van der Waals surface area contributed by atoms with Crippen molar-refractivity contribution < 1.29 is 22.3 Å². The first kappa shape index (κ1) is 12.5. The minimum atomic E-state index is -4.57. The van der Waals surface area contributed by atoms with Crippen LogP contribution in [-0.2, 0) is 6.18 Å². The maximum Gasteiger partial charge on any atom is 0.468 e. The summed E-state index contributed by atoms with van der Waals surface area (Å²) in [4.78, 5) is 3.47. The number of oxazole rings is 1. The molecule has 3 nitrogen and oxygen atoms in total. The highest BCUT2D eigenvalue weighted by atomic mass is 19.4. The van der Waals surface area contributed by atoms with Crippen LogP contribution >= 0.6 is 0 Å². The SMILES string of the molecule is COc1ccc(-c2nc(C(F)(F)F)oc2C)cc1. The van der Waals surface area contributed by atoms with E-state index in [4.69, 9.17) is 4.74 Å². The van der Waals surface area contributed by atoms with Gasteiger partial charge in [0.05, 0.1) is 7.11 Å². The van der Waals surface area contributed by atoms with Crippen molar-refractivity contribution in [1.29, 1.82) is 0 Å². The fourth-order valence-corrected chi connectivity index (χ4v) is 1.53. The van der Waals surface area contributed by atoms with E-state index in [1.165, 1.54) is 14.0 Å². The molecule has 1 aromatic carbocycles. The molecule has 0 fully saturated rings. The maximum atomic E-state index is 12.4. The van der Waals surface area contributed by atoms with Gasteiger partial charge in [-0.3, -0.25) is 0 Å². The Kier molecular flexibility index (Phi) is 3.02. The maximum absolute atomic E-state index is 12.4. The first-order valence-corrected chi connectivity index (χ1v) is 5.11. The molecule has 0 saturated carbocycles. The predicted octanol–water partition coefficient (Wildman–Crippen LogP) is 3.68. The third kappa shape index (κ3) is 2.32. The Labute approximate surface area is 101 Å². The van der Waals surface area contributed by atoms with Gasteiger partial charge in [-0.2, -0.15) is 13.2 Å². The zero-order chi connectivity index (χ0) is 13.3. The number of methoxy groups -OCH3 is 1. The molecule has 0 amide bonds. The summed E-state index contributed by atoms with van der Waals surface area (Å²) in [6.07, 6.45) is -4.57. The van der Waals surface area contributed by atoms with E-state index in [-0.39, 0.29) is 11.5 Å².